The molecule has 1 aliphatic rings. The maximum atomic E-state index is 13.5. The number of benzene rings is 1. The molecule has 0 aliphatic carbocycles. The van der Waals surface area contributed by atoms with E-state index in [-0.39, 0.29) is 12.3 Å². The minimum Gasteiger partial charge on any atom is -0.402 e. The summed E-state index contributed by atoms with van der Waals surface area (Å²) >= 11 is 0. The zero-order chi connectivity index (χ0) is 26.4. The van der Waals surface area contributed by atoms with Crippen molar-refractivity contribution in [2.45, 2.75) is 76.6 Å². The van der Waals surface area contributed by atoms with Crippen molar-refractivity contribution in [3.05, 3.63) is 60.2 Å². The molecule has 1 fully saturated rings. The van der Waals surface area contributed by atoms with Crippen LogP contribution in [0.25, 0.3) is 0 Å². The van der Waals surface area contributed by atoms with Crippen LogP contribution in [-0.4, -0.2) is 65.3 Å². The lowest BCUT2D eigenvalue weighted by Gasteiger charge is -2.34. The van der Waals surface area contributed by atoms with Crippen molar-refractivity contribution in [1.82, 2.24) is 20.6 Å². The summed E-state index contributed by atoms with van der Waals surface area (Å²) in [4.78, 5) is 34.0. The van der Waals surface area contributed by atoms with Gasteiger partial charge in [-0.15, -0.1) is 0 Å². The number of hydrogen-bond acceptors (Lipinski definition) is 7. The lowest BCUT2D eigenvalue weighted by molar-refractivity contribution is -0.125. The first-order chi connectivity index (χ1) is 17.0. The molecule has 1 aromatic heterocycles. The van der Waals surface area contributed by atoms with E-state index in [1.807, 2.05) is 52.8 Å². The van der Waals surface area contributed by atoms with Crippen LogP contribution in [-0.2, 0) is 25.3 Å². The second-order valence-electron chi connectivity index (χ2n) is 10.4. The number of nitrogens with one attached hydrogen (secondary N) is 2. The topological polar surface area (TPSA) is 112 Å². The molecule has 2 amide bonds. The lowest BCUT2D eigenvalue weighted by atomic mass is 9.62. The van der Waals surface area contributed by atoms with Crippen LogP contribution >= 0.6 is 0 Å². The molecule has 0 radical (unpaired) electrons. The van der Waals surface area contributed by atoms with Crippen LogP contribution in [0.5, 0.6) is 0 Å². The molecule has 1 aliphatic heterocycles. The van der Waals surface area contributed by atoms with Crippen molar-refractivity contribution >= 4 is 18.9 Å². The summed E-state index contributed by atoms with van der Waals surface area (Å²) in [7, 11) is 0.795. The summed E-state index contributed by atoms with van der Waals surface area (Å²) in [6, 6.07) is 9.24. The van der Waals surface area contributed by atoms with Crippen LogP contribution in [0, 0.1) is 0 Å². The zero-order valence-electron chi connectivity index (χ0n) is 22.0. The molecule has 2 unspecified atom stereocenters. The minimum atomic E-state index is -0.944. The molecule has 194 valence electrons. The average molecular weight is 496 g/mol. The summed E-state index contributed by atoms with van der Waals surface area (Å²) in [6.45, 7) is 9.83. The number of rotatable bonds is 11. The number of aromatic nitrogens is 2. The SMILES string of the molecule is COCC(NC(=O)c1cnccn1)C(=O)NC(C)(CCCc1ccccc1)B1OC(C)(C)C(C)(C)O1. The Labute approximate surface area is 213 Å². The smallest absolute Gasteiger partial charge is 0.402 e. The van der Waals surface area contributed by atoms with Crippen molar-refractivity contribution in [3.8, 4) is 0 Å². The summed E-state index contributed by atoms with van der Waals surface area (Å²) in [5.74, 6) is -0.910. The average Bonchev–Trinajstić information content (AvgIpc) is 3.07. The van der Waals surface area contributed by atoms with Crippen molar-refractivity contribution < 1.29 is 23.6 Å². The number of carbonyl (C=O) groups is 2. The molecule has 2 heterocycles. The second kappa shape index (κ2) is 11.5. The first-order valence-corrected chi connectivity index (χ1v) is 12.2. The summed E-state index contributed by atoms with van der Waals surface area (Å²) in [5.41, 5.74) is -0.651. The summed E-state index contributed by atoms with van der Waals surface area (Å²) in [6.07, 6.45) is 6.48. The fourth-order valence-electron chi connectivity index (χ4n) is 4.01. The molecule has 2 atom stereocenters. The molecule has 2 aromatic rings. The summed E-state index contributed by atoms with van der Waals surface area (Å²) < 4.78 is 17.9. The van der Waals surface area contributed by atoms with E-state index >= 15 is 0 Å². The van der Waals surface area contributed by atoms with Crippen molar-refractivity contribution in [1.29, 1.82) is 0 Å². The standard InChI is InChI=1S/C26H37BN4O5/c1-24(2)25(3,4)36-27(35-24)26(5,14-10-13-19-11-8-7-9-12-19)31-23(33)21(18-34-6)30-22(32)20-17-28-15-16-29-20/h7-9,11-12,15-17,21H,10,13-14,18H2,1-6H3,(H,30,32)(H,31,33). The van der Waals surface area contributed by atoms with E-state index in [0.717, 1.165) is 12.8 Å². The van der Waals surface area contributed by atoms with Gasteiger partial charge in [0.1, 0.15) is 11.7 Å². The Bertz CT molecular complexity index is 1010. The van der Waals surface area contributed by atoms with Crippen LogP contribution in [0.4, 0.5) is 0 Å². The second-order valence-corrected chi connectivity index (χ2v) is 10.4. The highest BCUT2D eigenvalue weighted by Crippen LogP contribution is 2.40. The Kier molecular flexibility index (Phi) is 8.87. The van der Waals surface area contributed by atoms with Gasteiger partial charge in [-0.25, -0.2) is 4.98 Å². The van der Waals surface area contributed by atoms with Gasteiger partial charge in [0.05, 0.1) is 29.4 Å². The van der Waals surface area contributed by atoms with E-state index in [1.54, 1.807) is 0 Å². The number of nitrogens with zero attached hydrogens (tertiary/aromatic N) is 2. The van der Waals surface area contributed by atoms with Gasteiger partial charge in [-0.1, -0.05) is 30.3 Å². The normalized spacial score (nSPS) is 18.8. The Morgan fingerprint density at radius 2 is 1.78 bits per heavy atom. The first-order valence-electron chi connectivity index (χ1n) is 12.2. The number of carbonyl (C=O) groups excluding carboxylic acids is 2. The monoisotopic (exact) mass is 496 g/mol. The predicted molar refractivity (Wildman–Crippen MR) is 137 cm³/mol. The third kappa shape index (κ3) is 6.69. The van der Waals surface area contributed by atoms with E-state index in [4.69, 9.17) is 14.0 Å². The van der Waals surface area contributed by atoms with Crippen molar-refractivity contribution in [2.75, 3.05) is 13.7 Å². The zero-order valence-corrected chi connectivity index (χ0v) is 22.0. The third-order valence-corrected chi connectivity index (χ3v) is 6.94. The Hall–Kier alpha value is -2.82. The number of amides is 2. The van der Waals surface area contributed by atoms with Gasteiger partial charge in [-0.05, 0) is 59.4 Å². The number of hydrogen-bond donors (Lipinski definition) is 2. The van der Waals surface area contributed by atoms with Gasteiger partial charge in [0.15, 0.2) is 0 Å². The van der Waals surface area contributed by atoms with E-state index in [9.17, 15) is 9.59 Å². The van der Waals surface area contributed by atoms with Crippen LogP contribution in [0.15, 0.2) is 48.9 Å². The van der Waals surface area contributed by atoms with Crippen LogP contribution in [0.3, 0.4) is 0 Å². The number of ether oxygens (including phenoxy) is 1. The highest BCUT2D eigenvalue weighted by atomic mass is 16.7. The fourth-order valence-corrected chi connectivity index (χ4v) is 4.01. The Balaban J connectivity index is 1.77. The van der Waals surface area contributed by atoms with Crippen molar-refractivity contribution in [2.24, 2.45) is 0 Å². The Morgan fingerprint density at radius 3 is 2.36 bits per heavy atom. The molecule has 0 saturated carbocycles. The lowest BCUT2D eigenvalue weighted by Crippen LogP contribution is -2.62. The molecule has 1 aromatic carbocycles. The van der Waals surface area contributed by atoms with Gasteiger partial charge in [0.25, 0.3) is 5.91 Å². The molecule has 2 N–H and O–H groups in total. The molecule has 3 rings (SSSR count). The fraction of sp³-hybridized carbons (Fsp3) is 0.538. The summed E-state index contributed by atoms with van der Waals surface area (Å²) in [5, 5.41) is 5.82. The van der Waals surface area contributed by atoms with Crippen LogP contribution < -0.4 is 10.6 Å². The molecule has 0 bridgehead atoms. The van der Waals surface area contributed by atoms with E-state index in [2.05, 4.69) is 32.7 Å². The third-order valence-electron chi connectivity index (χ3n) is 6.94. The van der Waals surface area contributed by atoms with Gasteiger partial charge in [0, 0.05) is 19.5 Å². The van der Waals surface area contributed by atoms with E-state index in [0.29, 0.717) is 6.42 Å². The number of aryl methyl sites for hydroxylation is 1. The molecule has 0 spiro atoms. The Morgan fingerprint density at radius 1 is 1.11 bits per heavy atom. The molecule has 1 saturated heterocycles. The predicted octanol–water partition coefficient (Wildman–Crippen LogP) is 2.75. The van der Waals surface area contributed by atoms with Crippen LogP contribution in [0.2, 0.25) is 0 Å². The molecule has 10 heteroatoms. The van der Waals surface area contributed by atoms with Gasteiger partial charge in [-0.3, -0.25) is 14.6 Å². The highest BCUT2D eigenvalue weighted by Gasteiger charge is 2.58. The highest BCUT2D eigenvalue weighted by molar-refractivity contribution is 6.50. The van der Waals surface area contributed by atoms with E-state index in [1.165, 1.54) is 31.3 Å². The maximum absolute atomic E-state index is 13.5. The quantitative estimate of drug-likeness (QED) is 0.460. The minimum absolute atomic E-state index is 0.0126. The van der Waals surface area contributed by atoms with Crippen LogP contribution in [0.1, 0.15) is 63.5 Å². The molecular formula is C26H37BN4O5. The molecule has 36 heavy (non-hydrogen) atoms. The number of methoxy groups -OCH3 is 1. The molecule has 9 nitrogen and oxygen atoms in total. The van der Waals surface area contributed by atoms with Gasteiger partial charge in [0.2, 0.25) is 5.91 Å². The van der Waals surface area contributed by atoms with Gasteiger partial charge < -0.3 is 24.7 Å². The van der Waals surface area contributed by atoms with Crippen molar-refractivity contribution in [3.63, 3.8) is 0 Å². The van der Waals surface area contributed by atoms with Gasteiger partial charge in [-0.2, -0.15) is 0 Å². The molecular weight excluding hydrogens is 459 g/mol. The van der Waals surface area contributed by atoms with E-state index < -0.39 is 41.6 Å². The first kappa shape index (κ1) is 27.8. The van der Waals surface area contributed by atoms with Gasteiger partial charge >= 0.3 is 7.12 Å². The largest absolute Gasteiger partial charge is 0.484 e. The maximum Gasteiger partial charge on any atom is 0.484 e.